The van der Waals surface area contributed by atoms with Gasteiger partial charge in [0.1, 0.15) is 6.20 Å². The summed E-state index contributed by atoms with van der Waals surface area (Å²) in [6.07, 6.45) is 38.6. The number of pyridine rings is 2. The molecule has 1 fully saturated rings. The molecule has 6 heterocycles. The molecule has 4 nitrogen and oxygen atoms in total. The molecule has 2 aromatic heterocycles. The van der Waals surface area contributed by atoms with Gasteiger partial charge in [0.25, 0.3) is 0 Å². The standard InChI is InChI=1S/C48H43N4/c1-4-28-50-45(11-1)39-20-15-36(16-21-39)13-14-38-33-42-25-24-41-9-7-31-52-30-6-3-27-48(52,47(41)44(42)35-49-34-38)43(10-8-32-52)26-19-37-17-22-40(23-18-37)46-12-2-5-29-51-46/h1-2,4-5,7-8,10-23,26,28-29,31-35,49H,3,6,9,24-25,27,30H2/q+1/b14-13+,26-19+. The van der Waals surface area contributed by atoms with E-state index >= 15 is 0 Å². The Morgan fingerprint density at radius 3 is 2.10 bits per heavy atom. The fraction of sp³-hybridized carbons (Fsp3) is 0.167. The van der Waals surface area contributed by atoms with Crippen LogP contribution in [0.25, 0.3) is 34.7 Å². The van der Waals surface area contributed by atoms with E-state index in [1.807, 2.05) is 36.7 Å². The average molecular weight is 676 g/mol. The van der Waals surface area contributed by atoms with Crippen molar-refractivity contribution >= 4 is 12.2 Å². The molecule has 2 atom stereocenters. The van der Waals surface area contributed by atoms with Crippen molar-refractivity contribution < 1.29 is 4.48 Å². The minimum atomic E-state index is -0.178. The van der Waals surface area contributed by atoms with Crippen molar-refractivity contribution in [2.75, 3.05) is 6.54 Å². The van der Waals surface area contributed by atoms with Crippen LogP contribution in [-0.2, 0) is 0 Å². The van der Waals surface area contributed by atoms with Crippen LogP contribution < -0.4 is 5.32 Å². The van der Waals surface area contributed by atoms with Crippen molar-refractivity contribution in [3.05, 3.63) is 203 Å². The second-order valence-corrected chi connectivity index (χ2v) is 14.4. The molecule has 0 saturated carbocycles. The molecule has 0 bridgehead atoms. The fourth-order valence-corrected chi connectivity index (χ4v) is 8.95. The van der Waals surface area contributed by atoms with Crippen LogP contribution in [0, 0.1) is 0 Å². The van der Waals surface area contributed by atoms with Crippen LogP contribution in [0.2, 0.25) is 0 Å². The molecule has 52 heavy (non-hydrogen) atoms. The van der Waals surface area contributed by atoms with E-state index in [9.17, 15) is 0 Å². The number of allylic oxidation sites excluding steroid dienone is 8. The van der Waals surface area contributed by atoms with Gasteiger partial charge in [0.05, 0.1) is 24.1 Å². The first-order valence-electron chi connectivity index (χ1n) is 18.7. The number of rotatable bonds is 6. The molecule has 4 heteroatoms. The third kappa shape index (κ3) is 5.79. The summed E-state index contributed by atoms with van der Waals surface area (Å²) in [6.45, 7) is 1.11. The van der Waals surface area contributed by atoms with Crippen LogP contribution in [0.1, 0.15) is 49.7 Å². The summed E-state index contributed by atoms with van der Waals surface area (Å²) in [5.74, 6) is 0. The first-order valence-corrected chi connectivity index (χ1v) is 18.7. The van der Waals surface area contributed by atoms with E-state index in [1.165, 1.54) is 51.8 Å². The lowest BCUT2D eigenvalue weighted by atomic mass is 9.64. The quantitative estimate of drug-likeness (QED) is 0.207. The fourth-order valence-electron chi connectivity index (χ4n) is 8.95. The summed E-state index contributed by atoms with van der Waals surface area (Å²) in [5.41, 5.74) is 15.0. The summed E-state index contributed by atoms with van der Waals surface area (Å²) in [5, 5.41) is 3.64. The van der Waals surface area contributed by atoms with Gasteiger partial charge in [-0.25, -0.2) is 0 Å². The van der Waals surface area contributed by atoms with Gasteiger partial charge in [-0.15, -0.1) is 0 Å². The summed E-state index contributed by atoms with van der Waals surface area (Å²) in [7, 11) is 0. The van der Waals surface area contributed by atoms with Crippen molar-refractivity contribution in [3.8, 4) is 22.5 Å². The number of quaternary nitrogens is 1. The molecule has 2 aromatic carbocycles. The topological polar surface area (TPSA) is 37.8 Å². The van der Waals surface area contributed by atoms with Crippen LogP contribution in [0.5, 0.6) is 0 Å². The average Bonchev–Trinajstić information content (AvgIpc) is 3.51. The first kappa shape index (κ1) is 32.1. The maximum Gasteiger partial charge on any atom is 0.159 e. The molecule has 4 aromatic rings. The Kier molecular flexibility index (Phi) is 8.46. The Morgan fingerprint density at radius 2 is 1.40 bits per heavy atom. The van der Waals surface area contributed by atoms with Crippen LogP contribution in [-0.4, -0.2) is 26.5 Å². The van der Waals surface area contributed by atoms with E-state index in [-0.39, 0.29) is 5.54 Å². The van der Waals surface area contributed by atoms with Gasteiger partial charge in [0.2, 0.25) is 0 Å². The normalized spacial score (nSPS) is 23.6. The number of hydrogen-bond donors (Lipinski definition) is 1. The molecular weight excluding hydrogens is 633 g/mol. The van der Waals surface area contributed by atoms with Crippen LogP contribution >= 0.6 is 0 Å². The molecule has 1 saturated heterocycles. The second-order valence-electron chi connectivity index (χ2n) is 14.4. The second kappa shape index (κ2) is 13.7. The van der Waals surface area contributed by atoms with Gasteiger partial charge in [-0.1, -0.05) is 90.5 Å². The van der Waals surface area contributed by atoms with E-state index in [1.54, 1.807) is 5.57 Å². The molecule has 4 aliphatic heterocycles. The van der Waals surface area contributed by atoms with Crippen LogP contribution in [0.4, 0.5) is 0 Å². The molecule has 1 aliphatic carbocycles. The number of piperidine rings is 1. The van der Waals surface area contributed by atoms with E-state index in [0.29, 0.717) is 0 Å². The summed E-state index contributed by atoms with van der Waals surface area (Å²) < 4.78 is 0.861. The number of aromatic nitrogens is 2. The molecule has 9 rings (SSSR count). The maximum absolute atomic E-state index is 4.54. The third-order valence-corrected chi connectivity index (χ3v) is 11.4. The Labute approximate surface area is 307 Å². The molecule has 1 N–H and O–H groups in total. The lowest BCUT2D eigenvalue weighted by molar-refractivity contribution is -0.877. The highest BCUT2D eigenvalue weighted by Gasteiger charge is 2.59. The van der Waals surface area contributed by atoms with Gasteiger partial charge in [0, 0.05) is 59.1 Å². The van der Waals surface area contributed by atoms with E-state index in [2.05, 4.69) is 149 Å². The maximum atomic E-state index is 4.54. The highest BCUT2D eigenvalue weighted by atomic mass is 15.4. The lowest BCUT2D eigenvalue weighted by Crippen LogP contribution is -2.63. The lowest BCUT2D eigenvalue weighted by Gasteiger charge is -2.55. The van der Waals surface area contributed by atoms with Crippen molar-refractivity contribution in [2.24, 2.45) is 0 Å². The van der Waals surface area contributed by atoms with Gasteiger partial charge >= 0.3 is 0 Å². The van der Waals surface area contributed by atoms with E-state index in [0.717, 1.165) is 59.2 Å². The van der Waals surface area contributed by atoms with Crippen LogP contribution in [0.15, 0.2) is 192 Å². The zero-order valence-corrected chi connectivity index (χ0v) is 29.5. The van der Waals surface area contributed by atoms with E-state index < -0.39 is 0 Å². The third-order valence-electron chi connectivity index (χ3n) is 11.4. The molecule has 0 spiro atoms. The van der Waals surface area contributed by atoms with E-state index in [4.69, 9.17) is 0 Å². The molecule has 0 amide bonds. The number of fused-ring (bicyclic) bond motifs is 2. The zero-order valence-electron chi connectivity index (χ0n) is 29.5. The predicted molar refractivity (Wildman–Crippen MR) is 214 cm³/mol. The minimum absolute atomic E-state index is 0.178. The Bertz CT molecular complexity index is 2260. The number of nitrogens with one attached hydrogen (secondary N) is 1. The minimum Gasteiger partial charge on any atom is -0.367 e. The number of nitrogens with zero attached hydrogens (tertiary/aromatic N) is 3. The van der Waals surface area contributed by atoms with Gasteiger partial charge in [0.15, 0.2) is 5.54 Å². The SMILES string of the molecule is C1=C[N+]23C=CCC4=C(C5=CNC=C(/C=C/c6ccc(-c7ccccn7)cc6)C=C5CC4)C2(CCCC3)C(/C=C/c2ccc(-c3ccccn3)cc2)=C1. The van der Waals surface area contributed by atoms with Gasteiger partial charge in [-0.3, -0.25) is 14.5 Å². The number of benzene rings is 2. The smallest absolute Gasteiger partial charge is 0.159 e. The van der Waals surface area contributed by atoms with Crippen molar-refractivity contribution in [1.29, 1.82) is 0 Å². The predicted octanol–water partition coefficient (Wildman–Crippen LogP) is 11.0. The number of hydrogen-bond acceptors (Lipinski definition) is 3. The zero-order chi connectivity index (χ0) is 34.8. The monoisotopic (exact) mass is 675 g/mol. The Hall–Kier alpha value is -5.84. The van der Waals surface area contributed by atoms with Crippen molar-refractivity contribution in [1.82, 2.24) is 15.3 Å². The summed E-state index contributed by atoms with van der Waals surface area (Å²) in [4.78, 5) is 9.04. The van der Waals surface area contributed by atoms with Crippen LogP contribution in [0.3, 0.4) is 0 Å². The highest BCUT2D eigenvalue weighted by molar-refractivity contribution is 5.69. The Balaban J connectivity index is 1.03. The molecular formula is C48H43N4+. The van der Waals surface area contributed by atoms with Gasteiger partial charge < -0.3 is 5.32 Å². The highest BCUT2D eigenvalue weighted by Crippen LogP contribution is 2.57. The Morgan fingerprint density at radius 1 is 0.692 bits per heavy atom. The van der Waals surface area contributed by atoms with Gasteiger partial charge in [-0.2, -0.15) is 0 Å². The van der Waals surface area contributed by atoms with Gasteiger partial charge in [-0.05, 0) is 103 Å². The van der Waals surface area contributed by atoms with Crippen molar-refractivity contribution in [3.63, 3.8) is 0 Å². The van der Waals surface area contributed by atoms with Crippen molar-refractivity contribution in [2.45, 2.75) is 44.1 Å². The summed E-state index contributed by atoms with van der Waals surface area (Å²) >= 11 is 0. The molecule has 5 aliphatic rings. The molecule has 254 valence electrons. The first-order chi connectivity index (χ1) is 25.7. The molecule has 0 radical (unpaired) electrons. The summed E-state index contributed by atoms with van der Waals surface area (Å²) in [6, 6.07) is 29.5. The largest absolute Gasteiger partial charge is 0.367 e. The molecule has 2 unspecified atom stereocenters.